The first-order valence-electron chi connectivity index (χ1n) is 18.2. The minimum Gasteiger partial charge on any atom is -0.493 e. The number of nitrogen functional groups attached to an aromatic ring is 1. The fourth-order valence-corrected chi connectivity index (χ4v) is 7.94. The molecule has 0 spiro atoms. The lowest BCUT2D eigenvalue weighted by atomic mass is 9.94. The quantitative estimate of drug-likeness (QED) is 0.177. The second-order valence-corrected chi connectivity index (χ2v) is 14.3. The first kappa shape index (κ1) is 33.4. The van der Waals surface area contributed by atoms with E-state index in [0.717, 1.165) is 35.1 Å². The molecule has 2 N–H and O–H groups in total. The van der Waals surface area contributed by atoms with E-state index in [0.29, 0.717) is 58.5 Å². The molecule has 10 nitrogen and oxygen atoms in total. The highest BCUT2D eigenvalue weighted by atomic mass is 16.5. The summed E-state index contributed by atoms with van der Waals surface area (Å²) in [5, 5.41) is 0. The normalized spacial score (nSPS) is 18.0. The van der Waals surface area contributed by atoms with Crippen molar-refractivity contribution in [1.29, 1.82) is 0 Å². The lowest BCUT2D eigenvalue weighted by Gasteiger charge is -2.34. The van der Waals surface area contributed by atoms with Gasteiger partial charge in [-0.15, -0.1) is 0 Å². The first-order valence-corrected chi connectivity index (χ1v) is 18.2. The third-order valence-corrected chi connectivity index (χ3v) is 10.8. The maximum absolute atomic E-state index is 13.8. The summed E-state index contributed by atoms with van der Waals surface area (Å²) in [5.74, 6) is 1.45. The number of aryl methyl sites for hydroxylation is 1. The summed E-state index contributed by atoms with van der Waals surface area (Å²) in [4.78, 5) is 40.8. The number of benzene rings is 5. The molecule has 0 aromatic heterocycles. The highest BCUT2D eigenvalue weighted by molar-refractivity contribution is 6.04. The van der Waals surface area contributed by atoms with Gasteiger partial charge in [0.05, 0.1) is 41.7 Å². The minimum atomic E-state index is -0.131. The highest BCUT2D eigenvalue weighted by Crippen LogP contribution is 2.39. The Kier molecular flexibility index (Phi) is 8.37. The van der Waals surface area contributed by atoms with E-state index in [-0.39, 0.29) is 37.1 Å². The molecule has 2 atom stereocenters. The van der Waals surface area contributed by atoms with Crippen LogP contribution in [0.3, 0.4) is 0 Å². The van der Waals surface area contributed by atoms with Gasteiger partial charge in [0.25, 0.3) is 11.8 Å². The van der Waals surface area contributed by atoms with Crippen molar-refractivity contribution in [1.82, 2.24) is 9.80 Å². The number of carbonyl (C=O) groups excluding carboxylic acids is 2. The van der Waals surface area contributed by atoms with Crippen LogP contribution in [-0.4, -0.2) is 53.2 Å². The summed E-state index contributed by atoms with van der Waals surface area (Å²) in [7, 11) is 1.56. The van der Waals surface area contributed by atoms with Crippen LogP contribution in [0, 0.1) is 6.92 Å². The molecule has 0 radical (unpaired) electrons. The Balaban J connectivity index is 0.902. The van der Waals surface area contributed by atoms with Crippen molar-refractivity contribution in [2.24, 2.45) is 9.98 Å². The molecule has 0 bridgehead atoms. The van der Waals surface area contributed by atoms with Gasteiger partial charge in [0.1, 0.15) is 19.0 Å². The fraction of sp³-hybridized carbons (Fsp3) is 0.227. The molecule has 0 saturated carbocycles. The zero-order chi connectivity index (χ0) is 36.9. The number of fused-ring (bicyclic) bond motifs is 6. The maximum Gasteiger partial charge on any atom is 0.257 e. The van der Waals surface area contributed by atoms with Crippen molar-refractivity contribution in [3.63, 3.8) is 0 Å². The second kappa shape index (κ2) is 13.5. The predicted molar refractivity (Wildman–Crippen MR) is 208 cm³/mol. The summed E-state index contributed by atoms with van der Waals surface area (Å²) >= 11 is 0. The average molecular weight is 718 g/mol. The summed E-state index contributed by atoms with van der Waals surface area (Å²) in [6.07, 6.45) is 5.20. The summed E-state index contributed by atoms with van der Waals surface area (Å²) in [5.41, 5.74) is 16.5. The molecule has 5 aromatic carbocycles. The number of methoxy groups -OCH3 is 1. The van der Waals surface area contributed by atoms with E-state index in [9.17, 15) is 9.59 Å². The maximum atomic E-state index is 13.8. The summed E-state index contributed by atoms with van der Waals surface area (Å²) in [6, 6.07) is 29.2. The fourth-order valence-electron chi connectivity index (χ4n) is 7.94. The number of ether oxygens (including phenoxy) is 3. The molecule has 5 aromatic rings. The SMILES string of the molecule is COc1cc2c(cc1OCc1cc(N)cc(COc3cc4c(cc3C)C(=O)N3Cc5ccccc5C[C@H]3C=N4)c1)N=C[C@@H]1Cc3ccccc3CN1C2=O. The number of amides is 2. The Morgan fingerprint density at radius 2 is 1.15 bits per heavy atom. The van der Waals surface area contributed by atoms with Crippen LogP contribution < -0.4 is 19.9 Å². The van der Waals surface area contributed by atoms with Gasteiger partial charge in [-0.25, -0.2) is 0 Å². The van der Waals surface area contributed by atoms with E-state index in [1.54, 1.807) is 19.2 Å². The van der Waals surface area contributed by atoms with Gasteiger partial charge in [-0.2, -0.15) is 0 Å². The van der Waals surface area contributed by atoms with E-state index in [4.69, 9.17) is 29.9 Å². The lowest BCUT2D eigenvalue weighted by molar-refractivity contribution is 0.0696. The monoisotopic (exact) mass is 717 g/mol. The number of carbonyl (C=O) groups is 2. The Hall–Kier alpha value is -6.42. The molecule has 54 heavy (non-hydrogen) atoms. The first-order chi connectivity index (χ1) is 26.3. The molecular formula is C44H39N5O5. The van der Waals surface area contributed by atoms with Crippen LogP contribution in [0.25, 0.3) is 0 Å². The molecule has 2 amide bonds. The van der Waals surface area contributed by atoms with Gasteiger partial charge < -0.3 is 29.7 Å². The van der Waals surface area contributed by atoms with Crippen molar-refractivity contribution in [2.45, 2.75) is 58.2 Å². The molecule has 270 valence electrons. The van der Waals surface area contributed by atoms with Gasteiger partial charge in [0.2, 0.25) is 0 Å². The standard InChI is InChI=1S/C44H39N5O5/c1-26-11-36-38(46-20-34-15-29-7-3-5-9-31(29)22-48(34)43(36)50)18-40(26)53-24-27-12-28(14-33(45)13-27)25-54-42-19-39-37(17-41(42)52-2)44(51)49-23-32-10-6-4-8-30(32)16-35(49)21-47-39/h3-14,17-21,34-35H,15-16,22-25,45H2,1-2H3/t34-,35-/m0/s1. The molecule has 4 aliphatic heterocycles. The van der Waals surface area contributed by atoms with Crippen LogP contribution in [0.4, 0.5) is 17.1 Å². The minimum absolute atomic E-state index is 0.0246. The van der Waals surface area contributed by atoms with Crippen molar-refractivity contribution in [3.05, 3.63) is 141 Å². The van der Waals surface area contributed by atoms with Crippen molar-refractivity contribution >= 4 is 41.3 Å². The molecule has 10 heteroatoms. The van der Waals surface area contributed by atoms with Gasteiger partial charge in [0, 0.05) is 43.3 Å². The number of hydrogen-bond acceptors (Lipinski definition) is 8. The van der Waals surface area contributed by atoms with Gasteiger partial charge >= 0.3 is 0 Å². The molecular weight excluding hydrogens is 679 g/mol. The molecule has 4 aliphatic rings. The zero-order valence-corrected chi connectivity index (χ0v) is 30.1. The number of nitrogens with two attached hydrogens (primary N) is 1. The van der Waals surface area contributed by atoms with Gasteiger partial charge in [-0.05, 0) is 89.0 Å². The van der Waals surface area contributed by atoms with Crippen LogP contribution in [0.15, 0.2) is 101 Å². The van der Waals surface area contributed by atoms with Gasteiger partial charge in [-0.1, -0.05) is 48.5 Å². The highest BCUT2D eigenvalue weighted by Gasteiger charge is 2.34. The topological polar surface area (TPSA) is 119 Å². The number of rotatable bonds is 7. The van der Waals surface area contributed by atoms with Crippen LogP contribution in [0.5, 0.6) is 17.2 Å². The zero-order valence-electron chi connectivity index (χ0n) is 30.1. The Labute approximate surface area is 313 Å². The number of hydrogen-bond donors (Lipinski definition) is 1. The Bertz CT molecular complexity index is 2400. The van der Waals surface area contributed by atoms with Crippen molar-refractivity contribution in [3.8, 4) is 17.2 Å². The number of anilines is 1. The summed E-state index contributed by atoms with van der Waals surface area (Å²) in [6.45, 7) is 3.48. The largest absolute Gasteiger partial charge is 0.493 e. The molecule has 0 fully saturated rings. The van der Waals surface area contributed by atoms with Gasteiger partial charge in [0.15, 0.2) is 11.5 Å². The van der Waals surface area contributed by atoms with E-state index >= 15 is 0 Å². The van der Waals surface area contributed by atoms with E-state index < -0.39 is 0 Å². The molecule has 0 unspecified atom stereocenters. The third kappa shape index (κ3) is 6.13. The van der Waals surface area contributed by atoms with Crippen LogP contribution in [0.2, 0.25) is 0 Å². The number of nitrogens with zero attached hydrogens (tertiary/aromatic N) is 4. The van der Waals surface area contributed by atoms with Crippen LogP contribution >= 0.6 is 0 Å². The predicted octanol–water partition coefficient (Wildman–Crippen LogP) is 7.31. The van der Waals surface area contributed by atoms with Crippen LogP contribution in [0.1, 0.15) is 59.7 Å². The van der Waals surface area contributed by atoms with E-state index in [1.807, 2.05) is 83.8 Å². The molecule has 0 aliphatic carbocycles. The Morgan fingerprint density at radius 3 is 1.70 bits per heavy atom. The molecule has 9 rings (SSSR count). The summed E-state index contributed by atoms with van der Waals surface area (Å²) < 4.78 is 18.3. The second-order valence-electron chi connectivity index (χ2n) is 14.3. The average Bonchev–Trinajstić information content (AvgIpc) is 3.40. The number of aliphatic imine (C=N–C) groups is 2. The van der Waals surface area contributed by atoms with Crippen molar-refractivity contribution < 1.29 is 23.8 Å². The van der Waals surface area contributed by atoms with Gasteiger partial charge in [-0.3, -0.25) is 19.6 Å². The van der Waals surface area contributed by atoms with E-state index in [1.165, 1.54) is 16.7 Å². The van der Waals surface area contributed by atoms with E-state index in [2.05, 4.69) is 24.3 Å². The molecule has 0 saturated heterocycles. The molecule has 4 heterocycles. The third-order valence-electron chi connectivity index (χ3n) is 10.8. The Morgan fingerprint density at radius 1 is 0.648 bits per heavy atom. The van der Waals surface area contributed by atoms with Crippen molar-refractivity contribution in [2.75, 3.05) is 12.8 Å². The smallest absolute Gasteiger partial charge is 0.257 e. The van der Waals surface area contributed by atoms with Crippen LogP contribution in [-0.2, 0) is 39.1 Å². The lowest BCUT2D eigenvalue weighted by Crippen LogP contribution is -2.44.